The van der Waals surface area contributed by atoms with E-state index in [4.69, 9.17) is 0 Å². The van der Waals surface area contributed by atoms with Crippen LogP contribution in [0.3, 0.4) is 0 Å². The monoisotopic (exact) mass is 272 g/mol. The van der Waals surface area contributed by atoms with Gasteiger partial charge in [0.25, 0.3) is 0 Å². The lowest BCUT2D eigenvalue weighted by Crippen LogP contribution is -2.21. The van der Waals surface area contributed by atoms with E-state index in [-0.39, 0.29) is 18.4 Å². The Kier molecular flexibility index (Phi) is 4.50. The third-order valence-electron chi connectivity index (χ3n) is 3.36. The predicted molar refractivity (Wildman–Crippen MR) is 78.3 cm³/mol. The maximum absolute atomic E-state index is 12.0. The van der Waals surface area contributed by atoms with E-state index in [1.807, 2.05) is 28.9 Å². The summed E-state index contributed by atoms with van der Waals surface area (Å²) in [6, 6.07) is 7.60. The Morgan fingerprint density at radius 1 is 1.25 bits per heavy atom. The molecule has 106 valence electrons. The van der Waals surface area contributed by atoms with E-state index in [1.54, 1.807) is 12.4 Å². The van der Waals surface area contributed by atoms with Crippen LogP contribution in [0.1, 0.15) is 32.5 Å². The Labute approximate surface area is 119 Å². The molecule has 0 spiro atoms. The molecular weight excluding hydrogens is 252 g/mol. The van der Waals surface area contributed by atoms with Crippen LogP contribution in [0.4, 0.5) is 5.82 Å². The molecule has 0 aliphatic rings. The largest absolute Gasteiger partial charge is 0.311 e. The second-order valence-electron chi connectivity index (χ2n) is 5.19. The minimum Gasteiger partial charge on any atom is -0.311 e. The summed E-state index contributed by atoms with van der Waals surface area (Å²) in [5, 5.41) is 7.18. The van der Waals surface area contributed by atoms with Crippen LogP contribution in [0.2, 0.25) is 0 Å². The van der Waals surface area contributed by atoms with Crippen molar-refractivity contribution in [2.45, 2.75) is 33.2 Å². The molecule has 5 nitrogen and oxygen atoms in total. The molecule has 0 bridgehead atoms. The van der Waals surface area contributed by atoms with E-state index in [0.717, 1.165) is 11.5 Å². The lowest BCUT2D eigenvalue weighted by Gasteiger charge is -2.19. The summed E-state index contributed by atoms with van der Waals surface area (Å²) >= 11 is 0. The quantitative estimate of drug-likeness (QED) is 0.910. The molecule has 2 aromatic rings. The number of nitrogens with zero attached hydrogens (tertiary/aromatic N) is 3. The van der Waals surface area contributed by atoms with Crippen LogP contribution in [0.5, 0.6) is 0 Å². The number of hydrogen-bond donors (Lipinski definition) is 1. The zero-order chi connectivity index (χ0) is 14.5. The van der Waals surface area contributed by atoms with Gasteiger partial charge in [0.15, 0.2) is 0 Å². The van der Waals surface area contributed by atoms with Gasteiger partial charge in [-0.15, -0.1) is 0 Å². The Morgan fingerprint density at radius 3 is 2.70 bits per heavy atom. The molecule has 2 aromatic heterocycles. The van der Waals surface area contributed by atoms with Gasteiger partial charge in [0.2, 0.25) is 5.91 Å². The number of carbonyl (C=O) groups excluding carboxylic acids is 1. The standard InChI is InChI=1S/C15H20N4O/c1-11(2)12(3)19-14(7-9-17-19)18-15(20)10-13-6-4-5-8-16-13/h4-9,11-12H,10H2,1-3H3,(H,18,20). The van der Waals surface area contributed by atoms with Crippen LogP contribution in [-0.4, -0.2) is 20.7 Å². The minimum absolute atomic E-state index is 0.0820. The first-order valence-corrected chi connectivity index (χ1v) is 6.81. The summed E-state index contributed by atoms with van der Waals surface area (Å²) in [6.07, 6.45) is 3.66. The van der Waals surface area contributed by atoms with Crippen molar-refractivity contribution in [1.82, 2.24) is 14.8 Å². The first-order valence-electron chi connectivity index (χ1n) is 6.81. The molecule has 0 saturated carbocycles. The van der Waals surface area contributed by atoms with E-state index in [2.05, 4.69) is 36.2 Å². The zero-order valence-electron chi connectivity index (χ0n) is 12.1. The van der Waals surface area contributed by atoms with Gasteiger partial charge in [-0.3, -0.25) is 9.78 Å². The maximum Gasteiger partial charge on any atom is 0.231 e. The number of rotatable bonds is 5. The van der Waals surface area contributed by atoms with Gasteiger partial charge < -0.3 is 5.32 Å². The van der Waals surface area contributed by atoms with Crippen LogP contribution in [-0.2, 0) is 11.2 Å². The lowest BCUT2D eigenvalue weighted by atomic mass is 10.1. The Morgan fingerprint density at radius 2 is 2.05 bits per heavy atom. The van der Waals surface area contributed by atoms with E-state index in [9.17, 15) is 4.79 Å². The van der Waals surface area contributed by atoms with Crippen molar-refractivity contribution in [2.24, 2.45) is 5.92 Å². The second-order valence-corrected chi connectivity index (χ2v) is 5.19. The molecule has 1 N–H and O–H groups in total. The smallest absolute Gasteiger partial charge is 0.231 e. The summed E-state index contributed by atoms with van der Waals surface area (Å²) in [4.78, 5) is 16.2. The van der Waals surface area contributed by atoms with E-state index >= 15 is 0 Å². The fourth-order valence-corrected chi connectivity index (χ4v) is 1.87. The molecule has 2 rings (SSSR count). The first kappa shape index (κ1) is 14.2. The van der Waals surface area contributed by atoms with Gasteiger partial charge in [0.1, 0.15) is 5.82 Å². The van der Waals surface area contributed by atoms with Crippen molar-refractivity contribution in [3.63, 3.8) is 0 Å². The highest BCUT2D eigenvalue weighted by Gasteiger charge is 2.15. The number of hydrogen-bond acceptors (Lipinski definition) is 3. The van der Waals surface area contributed by atoms with Crippen molar-refractivity contribution >= 4 is 11.7 Å². The summed E-state index contributed by atoms with van der Waals surface area (Å²) < 4.78 is 1.85. The van der Waals surface area contributed by atoms with E-state index in [0.29, 0.717) is 5.92 Å². The Hall–Kier alpha value is -2.17. The van der Waals surface area contributed by atoms with Crippen LogP contribution in [0.15, 0.2) is 36.7 Å². The van der Waals surface area contributed by atoms with Gasteiger partial charge in [-0.2, -0.15) is 5.10 Å². The molecule has 1 amide bonds. The Balaban J connectivity index is 2.04. The SMILES string of the molecule is CC(C)C(C)n1nccc1NC(=O)Cc1ccccn1. The van der Waals surface area contributed by atoms with Gasteiger partial charge in [-0.25, -0.2) is 4.68 Å². The molecule has 0 aliphatic carbocycles. The highest BCUT2D eigenvalue weighted by Crippen LogP contribution is 2.20. The highest BCUT2D eigenvalue weighted by atomic mass is 16.1. The van der Waals surface area contributed by atoms with E-state index in [1.165, 1.54) is 0 Å². The molecule has 20 heavy (non-hydrogen) atoms. The topological polar surface area (TPSA) is 59.8 Å². The molecule has 0 aliphatic heterocycles. The first-order chi connectivity index (χ1) is 9.58. The van der Waals surface area contributed by atoms with E-state index < -0.39 is 0 Å². The van der Waals surface area contributed by atoms with Crippen LogP contribution >= 0.6 is 0 Å². The maximum atomic E-state index is 12.0. The highest BCUT2D eigenvalue weighted by molar-refractivity contribution is 5.91. The summed E-state index contributed by atoms with van der Waals surface area (Å²) in [7, 11) is 0. The van der Waals surface area contributed by atoms with Gasteiger partial charge in [-0.1, -0.05) is 19.9 Å². The predicted octanol–water partition coefficient (Wildman–Crippen LogP) is 2.68. The molecule has 1 atom stereocenters. The third-order valence-corrected chi connectivity index (χ3v) is 3.36. The molecule has 0 saturated heterocycles. The lowest BCUT2D eigenvalue weighted by molar-refractivity contribution is -0.115. The zero-order valence-corrected chi connectivity index (χ0v) is 12.1. The van der Waals surface area contributed by atoms with Gasteiger partial charge in [0.05, 0.1) is 18.7 Å². The van der Waals surface area contributed by atoms with Crippen molar-refractivity contribution < 1.29 is 4.79 Å². The molecule has 2 heterocycles. The van der Waals surface area contributed by atoms with Crippen molar-refractivity contribution in [2.75, 3.05) is 5.32 Å². The fraction of sp³-hybridized carbons (Fsp3) is 0.400. The van der Waals surface area contributed by atoms with Crippen LogP contribution in [0, 0.1) is 5.92 Å². The van der Waals surface area contributed by atoms with Crippen molar-refractivity contribution in [1.29, 1.82) is 0 Å². The van der Waals surface area contributed by atoms with Gasteiger partial charge in [0, 0.05) is 18.0 Å². The number of anilines is 1. The molecule has 5 heteroatoms. The Bertz CT molecular complexity index is 562. The molecule has 1 unspecified atom stereocenters. The third kappa shape index (κ3) is 3.44. The molecule has 0 fully saturated rings. The average molecular weight is 272 g/mol. The number of nitrogens with one attached hydrogen (secondary N) is 1. The van der Waals surface area contributed by atoms with Crippen LogP contribution in [0.25, 0.3) is 0 Å². The fourth-order valence-electron chi connectivity index (χ4n) is 1.87. The number of carbonyl (C=O) groups is 1. The van der Waals surface area contributed by atoms with Gasteiger partial charge in [-0.05, 0) is 25.0 Å². The van der Waals surface area contributed by atoms with Crippen LogP contribution < -0.4 is 5.32 Å². The molecule has 0 aromatic carbocycles. The summed E-state index contributed by atoms with van der Waals surface area (Å²) in [5.41, 5.74) is 0.757. The number of amides is 1. The second kappa shape index (κ2) is 6.32. The van der Waals surface area contributed by atoms with Gasteiger partial charge >= 0.3 is 0 Å². The van der Waals surface area contributed by atoms with Crippen molar-refractivity contribution in [3.8, 4) is 0 Å². The number of aromatic nitrogens is 3. The molecule has 0 radical (unpaired) electrons. The average Bonchev–Trinajstić information content (AvgIpc) is 2.86. The summed E-state index contributed by atoms with van der Waals surface area (Å²) in [6.45, 7) is 6.35. The van der Waals surface area contributed by atoms with Crippen molar-refractivity contribution in [3.05, 3.63) is 42.4 Å². The number of pyridine rings is 1. The normalized spacial score (nSPS) is 12.4. The molecular formula is C15H20N4O. The minimum atomic E-state index is -0.0820. The summed E-state index contributed by atoms with van der Waals surface area (Å²) in [5.74, 6) is 1.09.